The first-order chi connectivity index (χ1) is 11.0. The van der Waals surface area contributed by atoms with Crippen LogP contribution in [0.25, 0.3) is 0 Å². The molecule has 1 N–H and O–H groups in total. The Labute approximate surface area is 136 Å². The van der Waals surface area contributed by atoms with E-state index in [0.29, 0.717) is 6.42 Å². The molecule has 23 heavy (non-hydrogen) atoms. The number of rotatable bonds is 10. The highest BCUT2D eigenvalue weighted by molar-refractivity contribution is 5.81. The molecule has 0 spiro atoms. The molecule has 0 radical (unpaired) electrons. The molecule has 0 aliphatic heterocycles. The zero-order chi connectivity index (χ0) is 17.1. The van der Waals surface area contributed by atoms with Gasteiger partial charge in [0.05, 0.1) is 6.10 Å². The molecule has 0 aliphatic rings. The van der Waals surface area contributed by atoms with E-state index < -0.39 is 18.0 Å². The number of carbonyl (C=O) groups is 2. The SMILES string of the molecule is C=CC(=O)OCc1ccc(CCCC(O)COC(=O)C=C)cc1. The summed E-state index contributed by atoms with van der Waals surface area (Å²) in [4.78, 5) is 21.8. The summed E-state index contributed by atoms with van der Waals surface area (Å²) in [5.41, 5.74) is 2.03. The number of hydrogen-bond acceptors (Lipinski definition) is 5. The van der Waals surface area contributed by atoms with Crippen molar-refractivity contribution in [1.29, 1.82) is 0 Å². The zero-order valence-electron chi connectivity index (χ0n) is 13.1. The molecule has 0 heterocycles. The Kier molecular flexibility index (Phi) is 8.39. The molecule has 0 amide bonds. The lowest BCUT2D eigenvalue weighted by Gasteiger charge is -2.10. The van der Waals surface area contributed by atoms with Crippen LogP contribution in [-0.4, -0.2) is 29.8 Å². The van der Waals surface area contributed by atoms with Crippen LogP contribution in [0.3, 0.4) is 0 Å². The number of ether oxygens (including phenoxy) is 2. The lowest BCUT2D eigenvalue weighted by molar-refractivity contribution is -0.141. The van der Waals surface area contributed by atoms with Crippen molar-refractivity contribution < 1.29 is 24.2 Å². The summed E-state index contributed by atoms with van der Waals surface area (Å²) in [6.07, 6.45) is 3.66. The van der Waals surface area contributed by atoms with Crippen LogP contribution in [0.1, 0.15) is 24.0 Å². The summed E-state index contributed by atoms with van der Waals surface area (Å²) in [5, 5.41) is 9.69. The normalized spacial score (nSPS) is 11.3. The van der Waals surface area contributed by atoms with Crippen LogP contribution in [-0.2, 0) is 32.1 Å². The van der Waals surface area contributed by atoms with Crippen molar-refractivity contribution in [3.63, 3.8) is 0 Å². The zero-order valence-corrected chi connectivity index (χ0v) is 13.1. The number of carbonyl (C=O) groups excluding carboxylic acids is 2. The largest absolute Gasteiger partial charge is 0.460 e. The van der Waals surface area contributed by atoms with Crippen molar-refractivity contribution in [1.82, 2.24) is 0 Å². The van der Waals surface area contributed by atoms with Crippen molar-refractivity contribution in [3.8, 4) is 0 Å². The van der Waals surface area contributed by atoms with Gasteiger partial charge in [0, 0.05) is 12.2 Å². The monoisotopic (exact) mass is 318 g/mol. The van der Waals surface area contributed by atoms with Gasteiger partial charge in [0.15, 0.2) is 0 Å². The predicted molar refractivity (Wildman–Crippen MR) is 86.5 cm³/mol. The van der Waals surface area contributed by atoms with Crippen molar-refractivity contribution >= 4 is 11.9 Å². The van der Waals surface area contributed by atoms with E-state index in [-0.39, 0.29) is 13.2 Å². The third-order valence-electron chi connectivity index (χ3n) is 3.16. The second kappa shape index (κ2) is 10.3. The molecule has 0 aromatic heterocycles. The number of benzene rings is 1. The lowest BCUT2D eigenvalue weighted by Crippen LogP contribution is -2.17. The van der Waals surface area contributed by atoms with Gasteiger partial charge in [-0.05, 0) is 30.4 Å². The highest BCUT2D eigenvalue weighted by Gasteiger charge is 2.07. The van der Waals surface area contributed by atoms with Crippen LogP contribution in [0, 0.1) is 0 Å². The molecule has 5 heteroatoms. The molecule has 1 rings (SSSR count). The van der Waals surface area contributed by atoms with E-state index >= 15 is 0 Å². The molecule has 0 fully saturated rings. The molecule has 1 aromatic carbocycles. The number of esters is 2. The molecule has 0 saturated heterocycles. The maximum atomic E-state index is 11.0. The molecule has 1 unspecified atom stereocenters. The fraction of sp³-hybridized carbons (Fsp3) is 0.333. The molecular weight excluding hydrogens is 296 g/mol. The predicted octanol–water partition coefficient (Wildman–Crippen LogP) is 2.33. The van der Waals surface area contributed by atoms with Crippen molar-refractivity contribution in [2.45, 2.75) is 32.0 Å². The topological polar surface area (TPSA) is 72.8 Å². The van der Waals surface area contributed by atoms with Gasteiger partial charge in [-0.15, -0.1) is 0 Å². The van der Waals surface area contributed by atoms with Gasteiger partial charge in [0.25, 0.3) is 0 Å². The first kappa shape index (κ1) is 18.6. The highest BCUT2D eigenvalue weighted by atomic mass is 16.5. The second-order valence-electron chi connectivity index (χ2n) is 5.01. The van der Waals surface area contributed by atoms with Gasteiger partial charge in [0.1, 0.15) is 13.2 Å². The van der Waals surface area contributed by atoms with E-state index in [1.807, 2.05) is 24.3 Å². The average molecular weight is 318 g/mol. The van der Waals surface area contributed by atoms with Gasteiger partial charge in [0.2, 0.25) is 0 Å². The van der Waals surface area contributed by atoms with Crippen molar-refractivity contribution in [2.75, 3.05) is 6.61 Å². The maximum absolute atomic E-state index is 11.0. The minimum atomic E-state index is -0.670. The van der Waals surface area contributed by atoms with Crippen molar-refractivity contribution in [2.24, 2.45) is 0 Å². The molecule has 0 aliphatic carbocycles. The maximum Gasteiger partial charge on any atom is 0.330 e. The third kappa shape index (κ3) is 7.97. The van der Waals surface area contributed by atoms with E-state index in [4.69, 9.17) is 9.47 Å². The van der Waals surface area contributed by atoms with Crippen LogP contribution >= 0.6 is 0 Å². The summed E-state index contributed by atoms with van der Waals surface area (Å²) in [6, 6.07) is 7.71. The van der Waals surface area contributed by atoms with Crippen LogP contribution in [0.15, 0.2) is 49.6 Å². The van der Waals surface area contributed by atoms with E-state index in [0.717, 1.165) is 36.1 Å². The van der Waals surface area contributed by atoms with E-state index in [2.05, 4.69) is 13.2 Å². The van der Waals surface area contributed by atoms with Gasteiger partial charge in [-0.25, -0.2) is 9.59 Å². The van der Waals surface area contributed by atoms with Gasteiger partial charge in [-0.2, -0.15) is 0 Å². The molecule has 5 nitrogen and oxygen atoms in total. The Morgan fingerprint density at radius 1 is 1.04 bits per heavy atom. The van der Waals surface area contributed by atoms with Crippen LogP contribution in [0.5, 0.6) is 0 Å². The Balaban J connectivity index is 2.27. The first-order valence-corrected chi connectivity index (χ1v) is 7.39. The second-order valence-corrected chi connectivity index (χ2v) is 5.01. The molecule has 0 saturated carbocycles. The molecular formula is C18H22O5. The first-order valence-electron chi connectivity index (χ1n) is 7.39. The molecule has 124 valence electrons. The average Bonchev–Trinajstić information content (AvgIpc) is 2.58. The summed E-state index contributed by atoms with van der Waals surface area (Å²) >= 11 is 0. The molecule has 1 aromatic rings. The van der Waals surface area contributed by atoms with E-state index in [1.165, 1.54) is 0 Å². The van der Waals surface area contributed by atoms with Crippen LogP contribution < -0.4 is 0 Å². The fourth-order valence-corrected chi connectivity index (χ4v) is 1.88. The summed E-state index contributed by atoms with van der Waals surface area (Å²) < 4.78 is 9.72. The van der Waals surface area contributed by atoms with Gasteiger partial charge in [-0.1, -0.05) is 37.4 Å². The smallest absolute Gasteiger partial charge is 0.330 e. The highest BCUT2D eigenvalue weighted by Crippen LogP contribution is 2.10. The van der Waals surface area contributed by atoms with Gasteiger partial charge < -0.3 is 14.6 Å². The quantitative estimate of drug-likeness (QED) is 0.529. The van der Waals surface area contributed by atoms with Crippen LogP contribution in [0.4, 0.5) is 0 Å². The summed E-state index contributed by atoms with van der Waals surface area (Å²) in [5.74, 6) is -0.975. The van der Waals surface area contributed by atoms with Gasteiger partial charge in [-0.3, -0.25) is 0 Å². The standard InChI is InChI=1S/C18H22O5/c1-3-17(20)22-12-15-10-8-14(9-11-15)6-5-7-16(19)13-23-18(21)4-2/h3-4,8-11,16,19H,1-2,5-7,12-13H2. The molecule has 1 atom stereocenters. The Bertz CT molecular complexity index is 533. The van der Waals surface area contributed by atoms with Crippen molar-refractivity contribution in [3.05, 3.63) is 60.7 Å². The Morgan fingerprint density at radius 3 is 2.22 bits per heavy atom. The minimum Gasteiger partial charge on any atom is -0.460 e. The summed E-state index contributed by atoms with van der Waals surface area (Å²) in [6.45, 7) is 6.83. The number of hydrogen-bond donors (Lipinski definition) is 1. The minimum absolute atomic E-state index is 0.0154. The number of aryl methyl sites for hydroxylation is 1. The molecule has 0 bridgehead atoms. The van der Waals surface area contributed by atoms with E-state index in [1.54, 1.807) is 0 Å². The van der Waals surface area contributed by atoms with Gasteiger partial charge >= 0.3 is 11.9 Å². The number of aliphatic hydroxyl groups excluding tert-OH is 1. The van der Waals surface area contributed by atoms with E-state index in [9.17, 15) is 14.7 Å². The van der Waals surface area contributed by atoms with Crippen LogP contribution in [0.2, 0.25) is 0 Å². The number of aliphatic hydroxyl groups is 1. The Hall–Kier alpha value is -2.40. The summed E-state index contributed by atoms with van der Waals surface area (Å²) in [7, 11) is 0. The fourth-order valence-electron chi connectivity index (χ4n) is 1.88. The lowest BCUT2D eigenvalue weighted by atomic mass is 10.0. The Morgan fingerprint density at radius 2 is 1.61 bits per heavy atom. The third-order valence-corrected chi connectivity index (χ3v) is 3.16.